The average molecular weight is 313 g/mol. The predicted octanol–water partition coefficient (Wildman–Crippen LogP) is 1.38. The van der Waals surface area contributed by atoms with Gasteiger partial charge in [0.15, 0.2) is 0 Å². The highest BCUT2D eigenvalue weighted by Gasteiger charge is 2.33. The van der Waals surface area contributed by atoms with Crippen LogP contribution in [-0.4, -0.2) is 34.8 Å². The minimum absolute atomic E-state index is 0.0213. The van der Waals surface area contributed by atoms with Gasteiger partial charge >= 0.3 is 0 Å². The third-order valence-corrected chi connectivity index (χ3v) is 3.96. The van der Waals surface area contributed by atoms with Crippen LogP contribution < -0.4 is 5.32 Å². The smallest absolute Gasteiger partial charge is 0.225 e. The van der Waals surface area contributed by atoms with Gasteiger partial charge in [-0.1, -0.05) is 0 Å². The molecule has 0 spiro atoms. The molecule has 23 heavy (non-hydrogen) atoms. The highest BCUT2D eigenvalue weighted by Crippen LogP contribution is 2.20. The molecule has 0 radical (unpaired) electrons. The van der Waals surface area contributed by atoms with Crippen LogP contribution in [-0.2, 0) is 22.6 Å². The molecular weight excluding hydrogens is 294 g/mol. The fourth-order valence-corrected chi connectivity index (χ4v) is 2.72. The molecule has 1 N–H and O–H groups in total. The Hall–Kier alpha value is -2.63. The van der Waals surface area contributed by atoms with Gasteiger partial charge in [0.1, 0.15) is 5.76 Å². The van der Waals surface area contributed by atoms with E-state index in [2.05, 4.69) is 10.3 Å². The third kappa shape index (κ3) is 3.97. The summed E-state index contributed by atoms with van der Waals surface area (Å²) in [5, 5.41) is 2.88. The van der Waals surface area contributed by atoms with Gasteiger partial charge in [-0.25, -0.2) is 0 Å². The first kappa shape index (κ1) is 15.3. The Balaban J connectivity index is 1.47. The first-order valence-corrected chi connectivity index (χ1v) is 7.69. The normalized spacial score (nSPS) is 17.5. The van der Waals surface area contributed by atoms with E-state index in [0.717, 1.165) is 11.3 Å². The number of hydrogen-bond donors (Lipinski definition) is 1. The first-order valence-electron chi connectivity index (χ1n) is 7.69. The molecule has 120 valence electrons. The Labute approximate surface area is 134 Å². The Morgan fingerprint density at radius 1 is 1.35 bits per heavy atom. The minimum atomic E-state index is -0.277. The summed E-state index contributed by atoms with van der Waals surface area (Å²) < 4.78 is 5.22. The molecule has 3 rings (SSSR count). The molecule has 1 aliphatic rings. The molecule has 2 aromatic heterocycles. The van der Waals surface area contributed by atoms with Crippen molar-refractivity contribution in [2.45, 2.75) is 19.4 Å². The highest BCUT2D eigenvalue weighted by molar-refractivity contribution is 5.89. The van der Waals surface area contributed by atoms with Crippen molar-refractivity contribution < 1.29 is 14.0 Å². The number of rotatable bonds is 6. The third-order valence-electron chi connectivity index (χ3n) is 3.96. The number of hydrogen-bond acceptors (Lipinski definition) is 4. The van der Waals surface area contributed by atoms with Crippen LogP contribution in [0.3, 0.4) is 0 Å². The molecular formula is C17H19N3O3. The van der Waals surface area contributed by atoms with Gasteiger partial charge in [0.2, 0.25) is 11.8 Å². The average Bonchev–Trinajstić information content (AvgIpc) is 3.19. The molecule has 0 aromatic carbocycles. The molecule has 2 aromatic rings. The van der Waals surface area contributed by atoms with Crippen molar-refractivity contribution in [3.63, 3.8) is 0 Å². The van der Waals surface area contributed by atoms with Crippen molar-refractivity contribution in [2.24, 2.45) is 5.92 Å². The molecule has 0 aliphatic carbocycles. The van der Waals surface area contributed by atoms with Crippen LogP contribution in [0.2, 0.25) is 0 Å². The molecule has 1 atom stereocenters. The molecule has 1 aliphatic heterocycles. The molecule has 6 nitrogen and oxygen atoms in total. The lowest BCUT2D eigenvalue weighted by Gasteiger charge is -2.16. The van der Waals surface area contributed by atoms with Crippen molar-refractivity contribution in [2.75, 3.05) is 13.1 Å². The second kappa shape index (κ2) is 7.09. The van der Waals surface area contributed by atoms with Crippen molar-refractivity contribution in [3.8, 4) is 0 Å². The number of furan rings is 1. The Morgan fingerprint density at radius 3 is 2.91 bits per heavy atom. The van der Waals surface area contributed by atoms with E-state index in [9.17, 15) is 9.59 Å². The summed E-state index contributed by atoms with van der Waals surface area (Å²) in [7, 11) is 0. The van der Waals surface area contributed by atoms with Crippen LogP contribution in [0.1, 0.15) is 17.7 Å². The lowest BCUT2D eigenvalue weighted by molar-refractivity contribution is -0.129. The van der Waals surface area contributed by atoms with Gasteiger partial charge in [-0.15, -0.1) is 0 Å². The van der Waals surface area contributed by atoms with Crippen LogP contribution in [0.4, 0.5) is 0 Å². The SMILES string of the molecule is O=C(NCCc1ccco1)[C@@H]1CC(=O)N(Cc2ccncc2)C1. The summed E-state index contributed by atoms with van der Waals surface area (Å²) in [6.45, 7) is 1.51. The van der Waals surface area contributed by atoms with Crippen LogP contribution in [0.5, 0.6) is 0 Å². The zero-order chi connectivity index (χ0) is 16.1. The van der Waals surface area contributed by atoms with Gasteiger partial charge in [0, 0.05) is 44.9 Å². The van der Waals surface area contributed by atoms with Gasteiger partial charge in [-0.2, -0.15) is 0 Å². The molecule has 6 heteroatoms. The van der Waals surface area contributed by atoms with Crippen molar-refractivity contribution in [3.05, 3.63) is 54.2 Å². The van der Waals surface area contributed by atoms with E-state index in [0.29, 0.717) is 26.1 Å². The standard InChI is InChI=1S/C17H19N3O3/c21-16-10-14(12-20(16)11-13-3-6-18-7-4-13)17(22)19-8-5-15-2-1-9-23-15/h1-4,6-7,9,14H,5,8,10-12H2,(H,19,22)/t14-/m1/s1. The minimum Gasteiger partial charge on any atom is -0.469 e. The van der Waals surface area contributed by atoms with Gasteiger partial charge in [0.25, 0.3) is 0 Å². The number of likely N-dealkylation sites (tertiary alicyclic amines) is 1. The summed E-state index contributed by atoms with van der Waals surface area (Å²) >= 11 is 0. The van der Waals surface area contributed by atoms with E-state index in [1.54, 1.807) is 23.6 Å². The van der Waals surface area contributed by atoms with Gasteiger partial charge in [0.05, 0.1) is 12.2 Å². The molecule has 3 heterocycles. The van der Waals surface area contributed by atoms with Crippen LogP contribution in [0.25, 0.3) is 0 Å². The van der Waals surface area contributed by atoms with Crippen LogP contribution in [0, 0.1) is 5.92 Å². The largest absolute Gasteiger partial charge is 0.469 e. The maximum atomic E-state index is 12.2. The van der Waals surface area contributed by atoms with Crippen LogP contribution >= 0.6 is 0 Å². The molecule has 2 amide bonds. The number of amides is 2. The fourth-order valence-electron chi connectivity index (χ4n) is 2.72. The molecule has 0 unspecified atom stereocenters. The Morgan fingerprint density at radius 2 is 2.17 bits per heavy atom. The Kier molecular flexibility index (Phi) is 4.71. The van der Waals surface area contributed by atoms with Crippen molar-refractivity contribution >= 4 is 11.8 Å². The number of aromatic nitrogens is 1. The van der Waals surface area contributed by atoms with E-state index in [1.165, 1.54) is 0 Å². The molecule has 1 fully saturated rings. The topological polar surface area (TPSA) is 75.4 Å². The Bertz CT molecular complexity index is 655. The van der Waals surface area contributed by atoms with E-state index in [1.807, 2.05) is 24.3 Å². The summed E-state index contributed by atoms with van der Waals surface area (Å²) in [5.74, 6) is 0.517. The predicted molar refractivity (Wildman–Crippen MR) is 83.2 cm³/mol. The monoisotopic (exact) mass is 313 g/mol. The molecule has 0 saturated carbocycles. The second-order valence-electron chi connectivity index (χ2n) is 5.65. The number of nitrogens with zero attached hydrogens (tertiary/aromatic N) is 2. The lowest BCUT2D eigenvalue weighted by Crippen LogP contribution is -2.34. The van der Waals surface area contributed by atoms with Gasteiger partial charge < -0.3 is 14.6 Å². The van der Waals surface area contributed by atoms with Crippen molar-refractivity contribution in [1.29, 1.82) is 0 Å². The fraction of sp³-hybridized carbons (Fsp3) is 0.353. The number of carbonyl (C=O) groups is 2. The molecule has 0 bridgehead atoms. The molecule has 1 saturated heterocycles. The van der Waals surface area contributed by atoms with E-state index in [4.69, 9.17) is 4.42 Å². The van der Waals surface area contributed by atoms with E-state index < -0.39 is 0 Å². The van der Waals surface area contributed by atoms with Crippen LogP contribution in [0.15, 0.2) is 47.3 Å². The van der Waals surface area contributed by atoms with Crippen molar-refractivity contribution in [1.82, 2.24) is 15.2 Å². The van der Waals surface area contributed by atoms with E-state index >= 15 is 0 Å². The summed E-state index contributed by atoms with van der Waals surface area (Å²) in [6, 6.07) is 7.46. The number of pyridine rings is 1. The summed E-state index contributed by atoms with van der Waals surface area (Å²) in [4.78, 5) is 29.9. The quantitative estimate of drug-likeness (QED) is 0.874. The van der Waals surface area contributed by atoms with E-state index in [-0.39, 0.29) is 24.2 Å². The highest BCUT2D eigenvalue weighted by atomic mass is 16.3. The number of nitrogens with one attached hydrogen (secondary N) is 1. The zero-order valence-electron chi connectivity index (χ0n) is 12.8. The summed E-state index contributed by atoms with van der Waals surface area (Å²) in [5.41, 5.74) is 1.02. The first-order chi connectivity index (χ1) is 11.2. The second-order valence-corrected chi connectivity index (χ2v) is 5.65. The maximum absolute atomic E-state index is 12.2. The van der Waals surface area contributed by atoms with Gasteiger partial charge in [-0.3, -0.25) is 14.6 Å². The number of carbonyl (C=O) groups excluding carboxylic acids is 2. The summed E-state index contributed by atoms with van der Waals surface area (Å²) in [6.07, 6.45) is 5.95. The lowest BCUT2D eigenvalue weighted by atomic mass is 10.1. The maximum Gasteiger partial charge on any atom is 0.225 e. The van der Waals surface area contributed by atoms with Gasteiger partial charge in [-0.05, 0) is 29.8 Å². The zero-order valence-corrected chi connectivity index (χ0v) is 12.8.